The lowest BCUT2D eigenvalue weighted by atomic mass is 10.2. The number of ether oxygens (including phenoxy) is 1. The van der Waals surface area contributed by atoms with Gasteiger partial charge in [0.15, 0.2) is 0 Å². The standard InChI is InChI=1S/C17H17N3O2/c1-20(12-13-6-4-3-5-7-13)17-18-16(19-22-17)14-8-10-15(21-2)11-9-14/h3-11H,12H2,1-2H3. The van der Waals surface area contributed by atoms with Crippen LogP contribution in [0.15, 0.2) is 59.1 Å². The smallest absolute Gasteiger partial charge is 0.324 e. The summed E-state index contributed by atoms with van der Waals surface area (Å²) in [6, 6.07) is 18.2. The van der Waals surface area contributed by atoms with Crippen molar-refractivity contribution in [3.63, 3.8) is 0 Å². The molecule has 0 radical (unpaired) electrons. The van der Waals surface area contributed by atoms with Gasteiger partial charge in [-0.3, -0.25) is 0 Å². The first-order valence-electron chi connectivity index (χ1n) is 6.99. The molecule has 3 aromatic rings. The molecule has 0 aliphatic carbocycles. The van der Waals surface area contributed by atoms with Gasteiger partial charge < -0.3 is 14.2 Å². The van der Waals surface area contributed by atoms with Crippen LogP contribution in [0.1, 0.15) is 5.56 Å². The highest BCUT2D eigenvalue weighted by Crippen LogP contribution is 2.22. The van der Waals surface area contributed by atoms with E-state index in [1.54, 1.807) is 7.11 Å². The highest BCUT2D eigenvalue weighted by Gasteiger charge is 2.12. The molecule has 0 aliphatic rings. The van der Waals surface area contributed by atoms with Crippen molar-refractivity contribution in [1.29, 1.82) is 0 Å². The molecule has 0 N–H and O–H groups in total. The Bertz CT molecular complexity index is 723. The predicted molar refractivity (Wildman–Crippen MR) is 84.8 cm³/mol. The molecule has 0 saturated heterocycles. The van der Waals surface area contributed by atoms with Crippen molar-refractivity contribution >= 4 is 6.01 Å². The number of benzene rings is 2. The summed E-state index contributed by atoms with van der Waals surface area (Å²) in [4.78, 5) is 6.37. The van der Waals surface area contributed by atoms with Crippen LogP contribution in [-0.2, 0) is 6.54 Å². The maximum atomic E-state index is 5.34. The number of rotatable bonds is 5. The van der Waals surface area contributed by atoms with Crippen molar-refractivity contribution in [3.05, 3.63) is 60.2 Å². The molecule has 5 nitrogen and oxygen atoms in total. The van der Waals surface area contributed by atoms with Gasteiger partial charge in [-0.15, -0.1) is 0 Å². The van der Waals surface area contributed by atoms with Crippen LogP contribution in [0.4, 0.5) is 6.01 Å². The minimum Gasteiger partial charge on any atom is -0.497 e. The second-order valence-corrected chi connectivity index (χ2v) is 4.97. The molecule has 3 rings (SSSR count). The lowest BCUT2D eigenvalue weighted by Crippen LogP contribution is -2.16. The molecule has 22 heavy (non-hydrogen) atoms. The summed E-state index contributed by atoms with van der Waals surface area (Å²) in [6.07, 6.45) is 0. The van der Waals surface area contributed by atoms with Gasteiger partial charge in [0.1, 0.15) is 5.75 Å². The van der Waals surface area contributed by atoms with Gasteiger partial charge in [0.2, 0.25) is 5.82 Å². The number of aromatic nitrogens is 2. The quantitative estimate of drug-likeness (QED) is 0.722. The molecule has 0 atom stereocenters. The summed E-state index contributed by atoms with van der Waals surface area (Å²) in [5.41, 5.74) is 2.08. The monoisotopic (exact) mass is 295 g/mol. The van der Waals surface area contributed by atoms with Crippen molar-refractivity contribution < 1.29 is 9.26 Å². The first-order valence-corrected chi connectivity index (χ1v) is 6.99. The van der Waals surface area contributed by atoms with Crippen LogP contribution in [0.3, 0.4) is 0 Å². The summed E-state index contributed by atoms with van der Waals surface area (Å²) >= 11 is 0. The molecule has 5 heteroatoms. The SMILES string of the molecule is COc1ccc(-c2noc(N(C)Cc3ccccc3)n2)cc1. The van der Waals surface area contributed by atoms with Crippen LogP contribution in [0.5, 0.6) is 5.75 Å². The van der Waals surface area contributed by atoms with Crippen LogP contribution < -0.4 is 9.64 Å². The van der Waals surface area contributed by atoms with Crippen LogP contribution in [0.2, 0.25) is 0 Å². The van der Waals surface area contributed by atoms with E-state index < -0.39 is 0 Å². The average molecular weight is 295 g/mol. The summed E-state index contributed by atoms with van der Waals surface area (Å²) in [7, 11) is 3.57. The first-order chi connectivity index (χ1) is 10.8. The van der Waals surface area contributed by atoms with Gasteiger partial charge >= 0.3 is 6.01 Å². The molecule has 112 valence electrons. The van der Waals surface area contributed by atoms with Gasteiger partial charge in [-0.1, -0.05) is 35.5 Å². The van der Waals surface area contributed by atoms with E-state index in [2.05, 4.69) is 22.3 Å². The molecule has 0 spiro atoms. The van der Waals surface area contributed by atoms with Crippen LogP contribution in [-0.4, -0.2) is 24.3 Å². The van der Waals surface area contributed by atoms with Gasteiger partial charge in [-0.25, -0.2) is 0 Å². The van der Waals surface area contributed by atoms with Gasteiger partial charge in [0.05, 0.1) is 7.11 Å². The van der Waals surface area contributed by atoms with E-state index in [1.165, 1.54) is 5.56 Å². The molecule has 0 aliphatic heterocycles. The van der Waals surface area contributed by atoms with Crippen molar-refractivity contribution in [2.45, 2.75) is 6.54 Å². The Morgan fingerprint density at radius 3 is 2.45 bits per heavy atom. The Balaban J connectivity index is 1.75. The average Bonchev–Trinajstić information content (AvgIpc) is 3.06. The predicted octanol–water partition coefficient (Wildman–Crippen LogP) is 3.38. The van der Waals surface area contributed by atoms with E-state index in [1.807, 2.05) is 54.4 Å². The number of hydrogen-bond acceptors (Lipinski definition) is 5. The third-order valence-corrected chi connectivity index (χ3v) is 3.35. The maximum Gasteiger partial charge on any atom is 0.324 e. The normalized spacial score (nSPS) is 10.5. The molecule has 0 unspecified atom stereocenters. The largest absolute Gasteiger partial charge is 0.497 e. The zero-order valence-corrected chi connectivity index (χ0v) is 12.6. The van der Waals surface area contributed by atoms with Crippen molar-refractivity contribution in [3.8, 4) is 17.1 Å². The van der Waals surface area contributed by atoms with E-state index in [0.29, 0.717) is 18.4 Å². The molecular formula is C17H17N3O2. The van der Waals surface area contributed by atoms with Crippen LogP contribution in [0.25, 0.3) is 11.4 Å². The highest BCUT2D eigenvalue weighted by molar-refractivity contribution is 5.56. The van der Waals surface area contributed by atoms with Gasteiger partial charge in [-0.2, -0.15) is 4.98 Å². The fraction of sp³-hybridized carbons (Fsp3) is 0.176. The van der Waals surface area contributed by atoms with Crippen molar-refractivity contribution in [2.75, 3.05) is 19.1 Å². The van der Waals surface area contributed by atoms with Crippen molar-refractivity contribution in [1.82, 2.24) is 10.1 Å². The van der Waals surface area contributed by atoms with Crippen LogP contribution in [0, 0.1) is 0 Å². The zero-order valence-electron chi connectivity index (χ0n) is 12.6. The molecule has 0 fully saturated rings. The minimum atomic E-state index is 0.495. The first kappa shape index (κ1) is 14.1. The summed E-state index contributed by atoms with van der Waals surface area (Å²) in [5.74, 6) is 1.37. The Labute approximate surface area is 129 Å². The maximum absolute atomic E-state index is 5.34. The molecule has 0 amide bonds. The number of anilines is 1. The van der Waals surface area contributed by atoms with Gasteiger partial charge in [0.25, 0.3) is 0 Å². The van der Waals surface area contributed by atoms with Gasteiger partial charge in [-0.05, 0) is 29.8 Å². The van der Waals surface area contributed by atoms with Crippen molar-refractivity contribution in [2.24, 2.45) is 0 Å². The summed E-state index contributed by atoms with van der Waals surface area (Å²) in [5, 5.41) is 4.04. The lowest BCUT2D eigenvalue weighted by Gasteiger charge is -2.13. The van der Waals surface area contributed by atoms with Gasteiger partial charge in [0, 0.05) is 19.2 Å². The number of methoxy groups -OCH3 is 1. The molecular weight excluding hydrogens is 278 g/mol. The molecule has 2 aromatic carbocycles. The third kappa shape index (κ3) is 3.09. The molecule has 0 saturated carbocycles. The summed E-state index contributed by atoms with van der Waals surface area (Å²) < 4.78 is 10.5. The highest BCUT2D eigenvalue weighted by atomic mass is 16.5. The molecule has 1 aromatic heterocycles. The Morgan fingerprint density at radius 2 is 1.77 bits per heavy atom. The van der Waals surface area contributed by atoms with E-state index in [4.69, 9.17) is 9.26 Å². The Kier molecular flexibility index (Phi) is 4.05. The van der Waals surface area contributed by atoms with Crippen LogP contribution >= 0.6 is 0 Å². The molecule has 0 bridgehead atoms. The lowest BCUT2D eigenvalue weighted by molar-refractivity contribution is 0.414. The zero-order chi connectivity index (χ0) is 15.4. The van der Waals surface area contributed by atoms with E-state index >= 15 is 0 Å². The van der Waals surface area contributed by atoms with E-state index in [0.717, 1.165) is 11.3 Å². The second-order valence-electron chi connectivity index (χ2n) is 4.97. The Hall–Kier alpha value is -2.82. The second kappa shape index (κ2) is 6.30. The molecule has 1 heterocycles. The summed E-state index contributed by atoms with van der Waals surface area (Å²) in [6.45, 7) is 0.713. The fourth-order valence-corrected chi connectivity index (χ4v) is 2.15. The minimum absolute atomic E-state index is 0.495. The number of nitrogens with zero attached hydrogens (tertiary/aromatic N) is 3. The fourth-order valence-electron chi connectivity index (χ4n) is 2.15. The van der Waals surface area contributed by atoms with E-state index in [-0.39, 0.29) is 0 Å². The van der Waals surface area contributed by atoms with E-state index in [9.17, 15) is 0 Å². The number of hydrogen-bond donors (Lipinski definition) is 0. The topological polar surface area (TPSA) is 51.4 Å². The third-order valence-electron chi connectivity index (χ3n) is 3.35. The Morgan fingerprint density at radius 1 is 1.05 bits per heavy atom.